The van der Waals surface area contributed by atoms with E-state index >= 15 is 0 Å². The Labute approximate surface area is 250 Å². The third kappa shape index (κ3) is 8.08. The first kappa shape index (κ1) is 30.5. The SMILES string of the molecule is CC(C)Oc1ccc(Oc2cc(Cl)ccc2C(=O)Nc2ccc(S(=O)(=O)Nc3ccc(OC(C)C)c(O)c3)cc2)cc1. The number of nitrogens with one attached hydrogen (secondary N) is 2. The Balaban J connectivity index is 1.45. The number of carbonyl (C=O) groups is 1. The molecule has 0 aromatic heterocycles. The van der Waals surface area contributed by atoms with Gasteiger partial charge in [0.1, 0.15) is 17.2 Å². The van der Waals surface area contributed by atoms with Crippen LogP contribution >= 0.6 is 11.6 Å². The molecule has 9 nitrogen and oxygen atoms in total. The molecule has 0 fully saturated rings. The van der Waals surface area contributed by atoms with Gasteiger partial charge in [-0.25, -0.2) is 8.42 Å². The quantitative estimate of drug-likeness (QED) is 0.161. The molecule has 0 aliphatic carbocycles. The van der Waals surface area contributed by atoms with Crippen molar-refractivity contribution in [2.75, 3.05) is 10.0 Å². The monoisotopic (exact) mass is 610 g/mol. The molecule has 0 unspecified atom stereocenters. The summed E-state index contributed by atoms with van der Waals surface area (Å²) in [6.07, 6.45) is -0.124. The largest absolute Gasteiger partial charge is 0.504 e. The van der Waals surface area contributed by atoms with Crippen molar-refractivity contribution in [2.24, 2.45) is 0 Å². The van der Waals surface area contributed by atoms with Gasteiger partial charge in [0.15, 0.2) is 11.5 Å². The fourth-order valence-corrected chi connectivity index (χ4v) is 5.03. The molecule has 0 spiro atoms. The van der Waals surface area contributed by atoms with Gasteiger partial charge in [0.05, 0.1) is 28.4 Å². The van der Waals surface area contributed by atoms with Crippen LogP contribution in [0.1, 0.15) is 38.1 Å². The maximum atomic E-state index is 13.1. The minimum Gasteiger partial charge on any atom is -0.504 e. The summed E-state index contributed by atoms with van der Waals surface area (Å²) in [5, 5.41) is 13.3. The van der Waals surface area contributed by atoms with Crippen molar-refractivity contribution < 1.29 is 32.5 Å². The molecule has 11 heteroatoms. The van der Waals surface area contributed by atoms with Gasteiger partial charge in [-0.1, -0.05) is 11.6 Å². The van der Waals surface area contributed by atoms with Crippen LogP contribution in [0.5, 0.6) is 28.7 Å². The number of amides is 1. The summed E-state index contributed by atoms with van der Waals surface area (Å²) < 4.78 is 45.3. The van der Waals surface area contributed by atoms with E-state index < -0.39 is 15.9 Å². The second-order valence-corrected chi connectivity index (χ2v) is 11.9. The number of rotatable bonds is 11. The van der Waals surface area contributed by atoms with Gasteiger partial charge in [-0.2, -0.15) is 0 Å². The number of anilines is 2. The first-order valence-electron chi connectivity index (χ1n) is 13.1. The molecule has 0 aliphatic rings. The zero-order valence-corrected chi connectivity index (χ0v) is 25.0. The number of ether oxygens (including phenoxy) is 3. The average Bonchev–Trinajstić information content (AvgIpc) is 2.91. The summed E-state index contributed by atoms with van der Waals surface area (Å²) in [5.41, 5.74) is 0.756. The molecule has 0 heterocycles. The maximum Gasteiger partial charge on any atom is 0.261 e. The molecule has 4 rings (SSSR count). The Morgan fingerprint density at radius 1 is 0.762 bits per heavy atom. The minimum absolute atomic E-state index is 0.0299. The average molecular weight is 611 g/mol. The van der Waals surface area contributed by atoms with Crippen LogP contribution in [0.2, 0.25) is 5.02 Å². The second-order valence-electron chi connectivity index (χ2n) is 9.81. The summed E-state index contributed by atoms with van der Waals surface area (Å²) in [6.45, 7) is 7.49. The molecule has 4 aromatic carbocycles. The topological polar surface area (TPSA) is 123 Å². The highest BCUT2D eigenvalue weighted by molar-refractivity contribution is 7.92. The maximum absolute atomic E-state index is 13.1. The predicted molar refractivity (Wildman–Crippen MR) is 163 cm³/mol. The highest BCUT2D eigenvalue weighted by Crippen LogP contribution is 2.32. The summed E-state index contributed by atoms with van der Waals surface area (Å²) >= 11 is 6.17. The van der Waals surface area contributed by atoms with E-state index in [9.17, 15) is 18.3 Å². The molecular weight excluding hydrogens is 580 g/mol. The molecule has 4 aromatic rings. The lowest BCUT2D eigenvalue weighted by atomic mass is 10.1. The third-order valence-corrected chi connectivity index (χ3v) is 7.24. The summed E-state index contributed by atoms with van der Waals surface area (Å²) in [6, 6.07) is 21.5. The number of hydrogen-bond donors (Lipinski definition) is 3. The van der Waals surface area contributed by atoms with Crippen molar-refractivity contribution >= 4 is 38.9 Å². The van der Waals surface area contributed by atoms with Gasteiger partial charge in [0, 0.05) is 22.8 Å². The van der Waals surface area contributed by atoms with E-state index in [4.69, 9.17) is 25.8 Å². The Morgan fingerprint density at radius 3 is 2.00 bits per heavy atom. The van der Waals surface area contributed by atoms with Crippen LogP contribution < -0.4 is 24.2 Å². The van der Waals surface area contributed by atoms with Crippen molar-refractivity contribution in [1.29, 1.82) is 0 Å². The van der Waals surface area contributed by atoms with Crippen LogP contribution in [0.3, 0.4) is 0 Å². The molecular formula is C31H31ClN2O7S. The molecule has 0 saturated carbocycles. The fraction of sp³-hybridized carbons (Fsp3) is 0.194. The number of sulfonamides is 1. The van der Waals surface area contributed by atoms with Gasteiger partial charge < -0.3 is 24.6 Å². The number of phenolic OH excluding ortho intramolecular Hbond substituents is 1. The third-order valence-electron chi connectivity index (χ3n) is 5.61. The number of hydrogen-bond acceptors (Lipinski definition) is 7. The lowest BCUT2D eigenvalue weighted by Crippen LogP contribution is -2.15. The van der Waals surface area contributed by atoms with Crippen LogP contribution in [0.25, 0.3) is 0 Å². The van der Waals surface area contributed by atoms with Crippen LogP contribution in [-0.4, -0.2) is 31.6 Å². The number of benzene rings is 4. The molecule has 3 N–H and O–H groups in total. The molecule has 0 atom stereocenters. The van der Waals surface area contributed by atoms with E-state index in [0.717, 1.165) is 0 Å². The van der Waals surface area contributed by atoms with Crippen molar-refractivity contribution in [2.45, 2.75) is 44.8 Å². The Bertz CT molecular complexity index is 1660. The second kappa shape index (κ2) is 13.1. The van der Waals surface area contributed by atoms with Gasteiger partial charge in [0.25, 0.3) is 15.9 Å². The molecule has 0 aliphatic heterocycles. The number of phenols is 1. The molecule has 1 amide bonds. The Hall–Kier alpha value is -4.41. The van der Waals surface area contributed by atoms with Crippen molar-refractivity contribution in [3.8, 4) is 28.7 Å². The highest BCUT2D eigenvalue weighted by atomic mass is 35.5. The van der Waals surface area contributed by atoms with Gasteiger partial charge in [-0.3, -0.25) is 9.52 Å². The lowest BCUT2D eigenvalue weighted by Gasteiger charge is -2.14. The molecule has 0 saturated heterocycles. The fourth-order valence-electron chi connectivity index (χ4n) is 3.82. The smallest absolute Gasteiger partial charge is 0.261 e. The van der Waals surface area contributed by atoms with Crippen molar-refractivity contribution in [1.82, 2.24) is 0 Å². The van der Waals surface area contributed by atoms with Crippen LogP contribution in [0.15, 0.2) is 89.8 Å². The summed E-state index contributed by atoms with van der Waals surface area (Å²) in [4.78, 5) is 13.1. The molecule has 220 valence electrons. The van der Waals surface area contributed by atoms with Crippen LogP contribution in [0.4, 0.5) is 11.4 Å². The first-order chi connectivity index (χ1) is 19.9. The van der Waals surface area contributed by atoms with E-state index in [2.05, 4.69) is 10.0 Å². The van der Waals surface area contributed by atoms with Crippen molar-refractivity contribution in [3.05, 3.63) is 95.5 Å². The predicted octanol–water partition coefficient (Wildman–Crippen LogP) is 7.47. The van der Waals surface area contributed by atoms with Crippen LogP contribution in [0, 0.1) is 0 Å². The highest BCUT2D eigenvalue weighted by Gasteiger charge is 2.18. The van der Waals surface area contributed by atoms with E-state index in [0.29, 0.717) is 22.2 Å². The molecule has 0 radical (unpaired) electrons. The first-order valence-corrected chi connectivity index (χ1v) is 14.9. The van der Waals surface area contributed by atoms with E-state index in [1.165, 1.54) is 48.5 Å². The zero-order chi connectivity index (χ0) is 30.4. The summed E-state index contributed by atoms with van der Waals surface area (Å²) in [7, 11) is -3.98. The minimum atomic E-state index is -3.98. The van der Waals surface area contributed by atoms with Gasteiger partial charge in [-0.15, -0.1) is 0 Å². The van der Waals surface area contributed by atoms with Gasteiger partial charge >= 0.3 is 0 Å². The van der Waals surface area contributed by atoms with E-state index in [1.54, 1.807) is 36.4 Å². The van der Waals surface area contributed by atoms with Gasteiger partial charge in [0.2, 0.25) is 0 Å². The molecule has 42 heavy (non-hydrogen) atoms. The molecule has 0 bridgehead atoms. The number of carbonyl (C=O) groups excluding carboxylic acids is 1. The number of halogens is 1. The van der Waals surface area contributed by atoms with E-state index in [1.807, 2.05) is 27.7 Å². The van der Waals surface area contributed by atoms with E-state index in [-0.39, 0.29) is 45.6 Å². The van der Waals surface area contributed by atoms with Crippen LogP contribution in [-0.2, 0) is 10.0 Å². The summed E-state index contributed by atoms with van der Waals surface area (Å²) in [5.74, 6) is 0.999. The number of aromatic hydroxyl groups is 1. The Kier molecular flexibility index (Phi) is 9.49. The van der Waals surface area contributed by atoms with Crippen molar-refractivity contribution in [3.63, 3.8) is 0 Å². The zero-order valence-electron chi connectivity index (χ0n) is 23.4. The standard InChI is InChI=1S/C31H31ClN2O7S/c1-19(2)39-24-9-11-25(12-10-24)41-30-17-21(32)5-15-27(30)31(36)33-22-6-13-26(14-7-22)42(37,38)34-23-8-16-29(28(35)18-23)40-20(3)4/h5-20,34-35H,1-4H3,(H,33,36). The lowest BCUT2D eigenvalue weighted by molar-refractivity contribution is 0.102. The van der Waals surface area contributed by atoms with Gasteiger partial charge in [-0.05, 0) is 100 Å². The Morgan fingerprint density at radius 2 is 1.38 bits per heavy atom. The normalized spacial score (nSPS) is 11.3.